The maximum atomic E-state index is 11.6. The maximum Gasteiger partial charge on any atom is 0.323 e. The Morgan fingerprint density at radius 2 is 2.13 bits per heavy atom. The summed E-state index contributed by atoms with van der Waals surface area (Å²) in [7, 11) is 2.00. The third kappa shape index (κ3) is 3.39. The predicted octanol–water partition coefficient (Wildman–Crippen LogP) is -0.583. The molecule has 1 rings (SSSR count). The van der Waals surface area contributed by atoms with Gasteiger partial charge in [0.25, 0.3) is 0 Å². The molecule has 0 spiro atoms. The molecule has 6 heteroatoms. The van der Waals surface area contributed by atoms with Gasteiger partial charge in [-0.2, -0.15) is 0 Å². The van der Waals surface area contributed by atoms with Crippen LogP contribution >= 0.6 is 0 Å². The van der Waals surface area contributed by atoms with E-state index in [1.807, 2.05) is 14.0 Å². The molecule has 0 saturated carbocycles. The Kier molecular flexibility index (Phi) is 3.90. The summed E-state index contributed by atoms with van der Waals surface area (Å²) < 4.78 is 0. The second-order valence-corrected chi connectivity index (χ2v) is 3.86. The third-order valence-electron chi connectivity index (χ3n) is 2.48. The standard InChI is InChI=1S/C9H17N3O3/c1-7-6-11(2)3-4-12(7)9(15)10-5-8(13)14/h7H,3-6H2,1-2H3,(H,10,15)(H,13,14). The Morgan fingerprint density at radius 3 is 2.67 bits per heavy atom. The minimum absolute atomic E-state index is 0.123. The van der Waals surface area contributed by atoms with Crippen LogP contribution in [0, 0.1) is 0 Å². The van der Waals surface area contributed by atoms with Crippen molar-refractivity contribution >= 4 is 12.0 Å². The number of piperazine rings is 1. The lowest BCUT2D eigenvalue weighted by Crippen LogP contribution is -2.56. The average Bonchev–Trinajstić information content (AvgIpc) is 2.14. The molecule has 1 atom stereocenters. The number of carboxylic acid groups (broad SMARTS) is 1. The Morgan fingerprint density at radius 1 is 1.47 bits per heavy atom. The van der Waals surface area contributed by atoms with E-state index in [2.05, 4.69) is 10.2 Å². The molecule has 0 aromatic carbocycles. The maximum absolute atomic E-state index is 11.6. The fourth-order valence-electron chi connectivity index (χ4n) is 1.69. The van der Waals surface area contributed by atoms with E-state index >= 15 is 0 Å². The Labute approximate surface area is 88.8 Å². The minimum Gasteiger partial charge on any atom is -0.480 e. The largest absolute Gasteiger partial charge is 0.480 e. The van der Waals surface area contributed by atoms with Gasteiger partial charge in [0.1, 0.15) is 6.54 Å². The Balaban J connectivity index is 2.42. The number of carbonyl (C=O) groups is 2. The minimum atomic E-state index is -1.02. The van der Waals surface area contributed by atoms with E-state index in [0.29, 0.717) is 6.54 Å². The van der Waals surface area contributed by atoms with Gasteiger partial charge >= 0.3 is 12.0 Å². The van der Waals surface area contributed by atoms with Crippen LogP contribution in [0.25, 0.3) is 0 Å². The highest BCUT2D eigenvalue weighted by Gasteiger charge is 2.25. The van der Waals surface area contributed by atoms with Gasteiger partial charge in [-0.3, -0.25) is 4.79 Å². The fourth-order valence-corrected chi connectivity index (χ4v) is 1.69. The molecular weight excluding hydrogens is 198 g/mol. The molecule has 2 N–H and O–H groups in total. The van der Waals surface area contributed by atoms with Crippen molar-refractivity contribution < 1.29 is 14.7 Å². The summed E-state index contributed by atoms with van der Waals surface area (Å²) in [5, 5.41) is 10.8. The number of urea groups is 1. The highest BCUT2D eigenvalue weighted by atomic mass is 16.4. The van der Waals surface area contributed by atoms with E-state index in [0.717, 1.165) is 13.1 Å². The summed E-state index contributed by atoms with van der Waals surface area (Å²) in [5.41, 5.74) is 0. The van der Waals surface area contributed by atoms with Crippen molar-refractivity contribution in [1.29, 1.82) is 0 Å². The Bertz CT molecular complexity index is 257. The van der Waals surface area contributed by atoms with Crippen LogP contribution < -0.4 is 5.32 Å². The average molecular weight is 215 g/mol. The van der Waals surface area contributed by atoms with E-state index < -0.39 is 5.97 Å². The van der Waals surface area contributed by atoms with Crippen LogP contribution in [0.3, 0.4) is 0 Å². The lowest BCUT2D eigenvalue weighted by Gasteiger charge is -2.37. The molecule has 1 aliphatic heterocycles. The molecule has 0 bridgehead atoms. The van der Waals surface area contributed by atoms with Gasteiger partial charge in [0.05, 0.1) is 0 Å². The van der Waals surface area contributed by atoms with Crippen molar-refractivity contribution in [2.24, 2.45) is 0 Å². The first-order valence-electron chi connectivity index (χ1n) is 4.95. The lowest BCUT2D eigenvalue weighted by atomic mass is 10.2. The Hall–Kier alpha value is -1.30. The number of likely N-dealkylation sites (N-methyl/N-ethyl adjacent to an activating group) is 1. The number of hydrogen-bond donors (Lipinski definition) is 2. The third-order valence-corrected chi connectivity index (χ3v) is 2.48. The lowest BCUT2D eigenvalue weighted by molar-refractivity contribution is -0.135. The van der Waals surface area contributed by atoms with E-state index in [-0.39, 0.29) is 18.6 Å². The highest BCUT2D eigenvalue weighted by molar-refractivity contribution is 5.80. The van der Waals surface area contributed by atoms with Gasteiger partial charge in [0, 0.05) is 25.7 Å². The van der Waals surface area contributed by atoms with Crippen LogP contribution in [0.2, 0.25) is 0 Å². The molecule has 0 aromatic rings. The van der Waals surface area contributed by atoms with Gasteiger partial charge in [0.2, 0.25) is 0 Å². The summed E-state index contributed by atoms with van der Waals surface area (Å²) in [6.45, 7) is 3.92. The zero-order valence-electron chi connectivity index (χ0n) is 9.06. The van der Waals surface area contributed by atoms with Crippen LogP contribution in [0.1, 0.15) is 6.92 Å². The summed E-state index contributed by atoms with van der Waals surface area (Å²) >= 11 is 0. The van der Waals surface area contributed by atoms with Gasteiger partial charge in [0.15, 0.2) is 0 Å². The van der Waals surface area contributed by atoms with Crippen LogP contribution in [0.5, 0.6) is 0 Å². The first-order valence-corrected chi connectivity index (χ1v) is 4.95. The number of carboxylic acids is 1. The van der Waals surface area contributed by atoms with Gasteiger partial charge in [-0.1, -0.05) is 0 Å². The number of nitrogens with one attached hydrogen (secondary N) is 1. The zero-order chi connectivity index (χ0) is 11.4. The monoisotopic (exact) mass is 215 g/mol. The quantitative estimate of drug-likeness (QED) is 0.646. The molecule has 15 heavy (non-hydrogen) atoms. The van der Waals surface area contributed by atoms with Crippen LogP contribution in [0.4, 0.5) is 4.79 Å². The van der Waals surface area contributed by atoms with E-state index in [1.54, 1.807) is 4.90 Å². The van der Waals surface area contributed by atoms with Crippen molar-refractivity contribution in [2.45, 2.75) is 13.0 Å². The normalized spacial score (nSPS) is 22.5. The number of amides is 2. The van der Waals surface area contributed by atoms with Gasteiger partial charge in [-0.05, 0) is 14.0 Å². The van der Waals surface area contributed by atoms with Crippen molar-refractivity contribution in [3.8, 4) is 0 Å². The topological polar surface area (TPSA) is 72.9 Å². The first kappa shape index (κ1) is 11.8. The van der Waals surface area contributed by atoms with E-state index in [9.17, 15) is 9.59 Å². The highest BCUT2D eigenvalue weighted by Crippen LogP contribution is 2.07. The molecule has 1 saturated heterocycles. The van der Waals surface area contributed by atoms with Crippen molar-refractivity contribution in [1.82, 2.24) is 15.1 Å². The molecule has 1 heterocycles. The number of rotatable bonds is 2. The van der Waals surface area contributed by atoms with Crippen molar-refractivity contribution in [3.05, 3.63) is 0 Å². The van der Waals surface area contributed by atoms with Crippen LogP contribution in [-0.4, -0.2) is 66.2 Å². The second-order valence-electron chi connectivity index (χ2n) is 3.86. The van der Waals surface area contributed by atoms with Gasteiger partial charge in [-0.15, -0.1) is 0 Å². The van der Waals surface area contributed by atoms with E-state index in [1.165, 1.54) is 0 Å². The molecule has 86 valence electrons. The molecule has 0 aromatic heterocycles. The van der Waals surface area contributed by atoms with Crippen LogP contribution in [0.15, 0.2) is 0 Å². The van der Waals surface area contributed by atoms with E-state index in [4.69, 9.17) is 5.11 Å². The number of hydrogen-bond acceptors (Lipinski definition) is 3. The molecule has 0 radical (unpaired) electrons. The molecule has 2 amide bonds. The molecular formula is C9H17N3O3. The summed E-state index contributed by atoms with van der Waals surface area (Å²) in [4.78, 5) is 25.6. The van der Waals surface area contributed by atoms with Gasteiger partial charge in [-0.25, -0.2) is 4.79 Å². The summed E-state index contributed by atoms with van der Waals surface area (Å²) in [6, 6.07) is -0.171. The molecule has 1 aliphatic rings. The SMILES string of the molecule is CC1CN(C)CCN1C(=O)NCC(=O)O. The van der Waals surface area contributed by atoms with Crippen molar-refractivity contribution in [2.75, 3.05) is 33.2 Å². The molecule has 6 nitrogen and oxygen atoms in total. The smallest absolute Gasteiger partial charge is 0.323 e. The molecule has 0 aliphatic carbocycles. The van der Waals surface area contributed by atoms with Crippen molar-refractivity contribution in [3.63, 3.8) is 0 Å². The molecule has 1 fully saturated rings. The number of aliphatic carboxylic acids is 1. The predicted molar refractivity (Wildman–Crippen MR) is 54.7 cm³/mol. The fraction of sp³-hybridized carbons (Fsp3) is 0.778. The molecule has 1 unspecified atom stereocenters. The number of nitrogens with zero attached hydrogens (tertiary/aromatic N) is 2. The van der Waals surface area contributed by atoms with Gasteiger partial charge < -0.3 is 20.2 Å². The zero-order valence-corrected chi connectivity index (χ0v) is 9.06. The second kappa shape index (κ2) is 4.97. The number of carbonyl (C=O) groups excluding carboxylic acids is 1. The summed E-state index contributed by atoms with van der Waals surface area (Å²) in [5.74, 6) is -1.02. The summed E-state index contributed by atoms with van der Waals surface area (Å²) in [6.07, 6.45) is 0. The van der Waals surface area contributed by atoms with Crippen LogP contribution in [-0.2, 0) is 4.79 Å². The first-order chi connectivity index (χ1) is 7.00.